The molecule has 0 fully saturated rings. The maximum Gasteiger partial charge on any atom is 0.254 e. The van der Waals surface area contributed by atoms with E-state index < -0.39 is 10.0 Å². The number of hydrogen-bond acceptors (Lipinski definition) is 3. The zero-order valence-corrected chi connectivity index (χ0v) is 15.6. The molecule has 2 heterocycles. The first kappa shape index (κ1) is 18.4. The predicted molar refractivity (Wildman–Crippen MR) is 100 cm³/mol. The molecule has 2 aromatic rings. The van der Waals surface area contributed by atoms with Gasteiger partial charge in [0, 0.05) is 37.1 Å². The molecule has 0 saturated carbocycles. The Morgan fingerprint density at radius 3 is 2.65 bits per heavy atom. The number of rotatable bonds is 6. The molecule has 1 amide bonds. The zero-order valence-electron chi connectivity index (χ0n) is 14.8. The summed E-state index contributed by atoms with van der Waals surface area (Å²) in [7, 11) is -3.59. The van der Waals surface area contributed by atoms with Crippen molar-refractivity contribution in [3.63, 3.8) is 0 Å². The quantitative estimate of drug-likeness (QED) is 0.791. The van der Waals surface area contributed by atoms with Crippen molar-refractivity contribution < 1.29 is 13.2 Å². The number of nitrogens with one attached hydrogen (secondary N) is 1. The molecule has 1 atom stereocenters. The van der Waals surface area contributed by atoms with Crippen LogP contribution in [0.3, 0.4) is 0 Å². The van der Waals surface area contributed by atoms with Gasteiger partial charge < -0.3 is 9.47 Å². The van der Waals surface area contributed by atoms with Crippen LogP contribution in [-0.2, 0) is 16.6 Å². The molecular formula is C19H23N3O3S. The van der Waals surface area contributed by atoms with Crippen LogP contribution in [0.2, 0.25) is 0 Å². The van der Waals surface area contributed by atoms with E-state index in [0.29, 0.717) is 12.1 Å². The maximum atomic E-state index is 13.0. The Labute approximate surface area is 154 Å². The van der Waals surface area contributed by atoms with E-state index in [1.165, 1.54) is 18.2 Å². The first-order valence-corrected chi connectivity index (χ1v) is 10.1. The molecule has 1 aromatic carbocycles. The van der Waals surface area contributed by atoms with Crippen LogP contribution in [0, 0.1) is 0 Å². The lowest BCUT2D eigenvalue weighted by Crippen LogP contribution is -2.41. The summed E-state index contributed by atoms with van der Waals surface area (Å²) in [5.74, 6) is -0.0766. The summed E-state index contributed by atoms with van der Waals surface area (Å²) in [4.78, 5) is 15.0. The van der Waals surface area contributed by atoms with Crippen LogP contribution in [0.15, 0.2) is 60.1 Å². The Balaban J connectivity index is 1.81. The maximum absolute atomic E-state index is 13.0. The van der Waals surface area contributed by atoms with Gasteiger partial charge >= 0.3 is 0 Å². The van der Waals surface area contributed by atoms with Crippen LogP contribution in [0.1, 0.15) is 35.4 Å². The SMILES string of the molecule is C=CCNS(=O)(=O)c1ccc(C(=O)N2CCn3cccc3C2CC)cc1. The normalized spacial score (nSPS) is 17.0. The fourth-order valence-corrected chi connectivity index (χ4v) is 4.33. The molecular weight excluding hydrogens is 350 g/mol. The first-order chi connectivity index (χ1) is 12.5. The number of nitrogens with zero attached hydrogens (tertiary/aromatic N) is 2. The van der Waals surface area contributed by atoms with E-state index in [9.17, 15) is 13.2 Å². The third-order valence-electron chi connectivity index (χ3n) is 4.64. The number of carbonyl (C=O) groups is 1. The van der Waals surface area contributed by atoms with Gasteiger partial charge in [-0.25, -0.2) is 13.1 Å². The van der Waals surface area contributed by atoms with Crippen molar-refractivity contribution in [3.8, 4) is 0 Å². The second kappa shape index (κ2) is 7.47. The number of carbonyl (C=O) groups excluding carboxylic acids is 1. The summed E-state index contributed by atoms with van der Waals surface area (Å²) in [6, 6.07) is 10.2. The van der Waals surface area contributed by atoms with E-state index in [4.69, 9.17) is 0 Å². The van der Waals surface area contributed by atoms with Crippen LogP contribution in [0.25, 0.3) is 0 Å². The van der Waals surface area contributed by atoms with Crippen molar-refractivity contribution in [2.45, 2.75) is 30.8 Å². The topological polar surface area (TPSA) is 71.4 Å². The molecule has 3 rings (SSSR count). The summed E-state index contributed by atoms with van der Waals surface area (Å²) in [5, 5.41) is 0. The van der Waals surface area contributed by atoms with Crippen LogP contribution in [-0.4, -0.2) is 36.9 Å². The minimum absolute atomic E-state index is 0.0314. The van der Waals surface area contributed by atoms with E-state index in [1.807, 2.05) is 17.2 Å². The van der Waals surface area contributed by atoms with Gasteiger partial charge in [-0.05, 0) is 42.8 Å². The van der Waals surface area contributed by atoms with Crippen molar-refractivity contribution >= 4 is 15.9 Å². The highest BCUT2D eigenvalue weighted by Gasteiger charge is 2.30. The molecule has 138 valence electrons. The van der Waals surface area contributed by atoms with Gasteiger partial charge in [0.1, 0.15) is 0 Å². The zero-order chi connectivity index (χ0) is 18.7. The van der Waals surface area contributed by atoms with Crippen molar-refractivity contribution in [2.75, 3.05) is 13.1 Å². The number of sulfonamides is 1. The Morgan fingerprint density at radius 2 is 2.00 bits per heavy atom. The highest BCUT2D eigenvalue weighted by Crippen LogP contribution is 2.30. The standard InChI is InChI=1S/C19H23N3O3S/c1-3-11-20-26(24,25)16-9-7-15(8-10-16)19(23)22-14-13-21-12-5-6-18(21)17(22)4-2/h3,5-10,12,17,20H,1,4,11,13-14H2,2H3. The lowest BCUT2D eigenvalue weighted by atomic mass is 10.0. The summed E-state index contributed by atoms with van der Waals surface area (Å²) in [5.41, 5.74) is 1.63. The van der Waals surface area contributed by atoms with Gasteiger partial charge in [0.05, 0.1) is 10.9 Å². The summed E-state index contributed by atoms with van der Waals surface area (Å²) in [6.07, 6.45) is 4.34. The molecule has 0 aliphatic carbocycles. The van der Waals surface area contributed by atoms with Crippen molar-refractivity contribution in [3.05, 3.63) is 66.5 Å². The summed E-state index contributed by atoms with van der Waals surface area (Å²) >= 11 is 0. The van der Waals surface area contributed by atoms with E-state index >= 15 is 0 Å². The fraction of sp³-hybridized carbons (Fsp3) is 0.316. The molecule has 0 bridgehead atoms. The number of aromatic nitrogens is 1. The average molecular weight is 373 g/mol. The molecule has 6 nitrogen and oxygen atoms in total. The minimum Gasteiger partial charge on any atom is -0.348 e. The highest BCUT2D eigenvalue weighted by molar-refractivity contribution is 7.89. The van der Waals surface area contributed by atoms with E-state index in [-0.39, 0.29) is 23.4 Å². The minimum atomic E-state index is -3.59. The Kier molecular flexibility index (Phi) is 5.29. The smallest absolute Gasteiger partial charge is 0.254 e. The van der Waals surface area contributed by atoms with Gasteiger partial charge in [0.15, 0.2) is 0 Å². The lowest BCUT2D eigenvalue weighted by molar-refractivity contribution is 0.0618. The number of hydrogen-bond donors (Lipinski definition) is 1. The van der Waals surface area contributed by atoms with Crippen LogP contribution in [0.5, 0.6) is 0 Å². The number of fused-ring (bicyclic) bond motifs is 1. The molecule has 0 spiro atoms. The van der Waals surface area contributed by atoms with Gasteiger partial charge in [0.25, 0.3) is 5.91 Å². The number of amides is 1. The highest BCUT2D eigenvalue weighted by atomic mass is 32.2. The van der Waals surface area contributed by atoms with Gasteiger partial charge in [0.2, 0.25) is 10.0 Å². The third kappa shape index (κ3) is 3.45. The fourth-order valence-electron chi connectivity index (χ4n) is 3.33. The molecule has 1 N–H and O–H groups in total. The van der Waals surface area contributed by atoms with Crippen molar-refractivity contribution in [1.29, 1.82) is 0 Å². The number of benzene rings is 1. The van der Waals surface area contributed by atoms with Crippen LogP contribution in [0.4, 0.5) is 0 Å². The molecule has 26 heavy (non-hydrogen) atoms. The van der Waals surface area contributed by atoms with Crippen LogP contribution < -0.4 is 4.72 Å². The molecule has 1 unspecified atom stereocenters. The molecule has 1 aliphatic rings. The second-order valence-corrected chi connectivity index (χ2v) is 7.98. The monoisotopic (exact) mass is 373 g/mol. The Bertz CT molecular complexity index is 900. The van der Waals surface area contributed by atoms with Crippen molar-refractivity contribution in [1.82, 2.24) is 14.2 Å². The Morgan fingerprint density at radius 1 is 1.27 bits per heavy atom. The predicted octanol–water partition coefficient (Wildman–Crippen LogP) is 2.56. The van der Waals surface area contributed by atoms with Gasteiger partial charge in [-0.15, -0.1) is 6.58 Å². The molecule has 7 heteroatoms. The van der Waals surface area contributed by atoms with Gasteiger partial charge in [-0.1, -0.05) is 13.0 Å². The molecule has 0 saturated heterocycles. The molecule has 0 radical (unpaired) electrons. The van der Waals surface area contributed by atoms with E-state index in [2.05, 4.69) is 28.9 Å². The van der Waals surface area contributed by atoms with E-state index in [0.717, 1.165) is 18.7 Å². The van der Waals surface area contributed by atoms with E-state index in [1.54, 1.807) is 12.1 Å². The van der Waals surface area contributed by atoms with Gasteiger partial charge in [-0.2, -0.15) is 0 Å². The van der Waals surface area contributed by atoms with Crippen LogP contribution >= 0.6 is 0 Å². The molecule has 1 aromatic heterocycles. The third-order valence-corrected chi connectivity index (χ3v) is 6.08. The summed E-state index contributed by atoms with van der Waals surface area (Å²) in [6.45, 7) is 7.13. The van der Waals surface area contributed by atoms with Gasteiger partial charge in [-0.3, -0.25) is 4.79 Å². The van der Waals surface area contributed by atoms with Crippen molar-refractivity contribution in [2.24, 2.45) is 0 Å². The average Bonchev–Trinajstić information content (AvgIpc) is 3.14. The summed E-state index contributed by atoms with van der Waals surface area (Å²) < 4.78 is 28.8. The second-order valence-electron chi connectivity index (χ2n) is 6.21. The first-order valence-electron chi connectivity index (χ1n) is 8.64. The lowest BCUT2D eigenvalue weighted by Gasteiger charge is -2.36. The Hall–Kier alpha value is -2.38. The largest absolute Gasteiger partial charge is 0.348 e. The molecule has 1 aliphatic heterocycles.